The Kier molecular flexibility index (Phi) is 4.90. The molecule has 0 radical (unpaired) electrons. The fourth-order valence-corrected chi connectivity index (χ4v) is 4.12. The number of nitrogens with zero attached hydrogens (tertiary/aromatic N) is 3. The first kappa shape index (κ1) is 19.1. The number of methoxy groups -OCH3 is 1. The second kappa shape index (κ2) is 7.72. The molecule has 0 spiro atoms. The average molecular weight is 406 g/mol. The van der Waals surface area contributed by atoms with Crippen molar-refractivity contribution in [2.45, 2.75) is 37.6 Å². The van der Waals surface area contributed by atoms with E-state index in [0.29, 0.717) is 28.3 Å². The number of fused-ring (bicyclic) bond motifs is 1. The number of piperidine rings is 1. The number of aromatic nitrogens is 2. The SMILES string of the molecule is COc1cccc(-c2noc3nc(C4CC4)cc(C(=O)NC4CCN(C)CC4)c23)c1. The summed E-state index contributed by atoms with van der Waals surface area (Å²) in [6.07, 6.45) is 4.12. The largest absolute Gasteiger partial charge is 0.497 e. The van der Waals surface area contributed by atoms with Crippen LogP contribution < -0.4 is 10.1 Å². The number of amides is 1. The lowest BCUT2D eigenvalue weighted by Crippen LogP contribution is -2.43. The Labute approximate surface area is 175 Å². The molecule has 2 fully saturated rings. The number of hydrogen-bond donors (Lipinski definition) is 1. The van der Waals surface area contributed by atoms with E-state index < -0.39 is 0 Å². The fraction of sp³-hybridized carbons (Fsp3) is 0.435. The van der Waals surface area contributed by atoms with Gasteiger partial charge in [-0.25, -0.2) is 4.98 Å². The molecular weight excluding hydrogens is 380 g/mol. The Hall–Kier alpha value is -2.93. The van der Waals surface area contributed by atoms with Gasteiger partial charge in [-0.15, -0.1) is 0 Å². The van der Waals surface area contributed by atoms with Crippen molar-refractivity contribution in [2.75, 3.05) is 27.2 Å². The van der Waals surface area contributed by atoms with Gasteiger partial charge >= 0.3 is 0 Å². The minimum Gasteiger partial charge on any atom is -0.497 e. The van der Waals surface area contributed by atoms with Crippen LogP contribution in [0.5, 0.6) is 5.75 Å². The highest BCUT2D eigenvalue weighted by molar-refractivity contribution is 6.09. The van der Waals surface area contributed by atoms with Crippen molar-refractivity contribution >= 4 is 17.0 Å². The summed E-state index contributed by atoms with van der Waals surface area (Å²) in [4.78, 5) is 20.3. The number of rotatable bonds is 5. The number of ether oxygens (including phenoxy) is 1. The van der Waals surface area contributed by atoms with Crippen LogP contribution in [0.25, 0.3) is 22.4 Å². The molecule has 3 aromatic rings. The molecule has 1 amide bonds. The molecular formula is C23H26N4O3. The van der Waals surface area contributed by atoms with Gasteiger partial charge in [0.1, 0.15) is 11.4 Å². The van der Waals surface area contributed by atoms with E-state index in [1.54, 1.807) is 7.11 Å². The molecule has 2 aliphatic rings. The van der Waals surface area contributed by atoms with Gasteiger partial charge in [-0.3, -0.25) is 4.79 Å². The third-order valence-corrected chi connectivity index (χ3v) is 6.10. The minimum absolute atomic E-state index is 0.0776. The number of carbonyl (C=O) groups excluding carboxylic acids is 1. The highest BCUT2D eigenvalue weighted by atomic mass is 16.5. The van der Waals surface area contributed by atoms with E-state index in [0.717, 1.165) is 55.8 Å². The van der Waals surface area contributed by atoms with Gasteiger partial charge in [0.15, 0.2) is 0 Å². The Balaban J connectivity index is 1.56. The molecule has 1 saturated heterocycles. The van der Waals surface area contributed by atoms with E-state index in [-0.39, 0.29) is 11.9 Å². The molecule has 0 unspecified atom stereocenters. The van der Waals surface area contributed by atoms with Crippen LogP contribution in [-0.2, 0) is 0 Å². The molecule has 3 heterocycles. The quantitative estimate of drug-likeness (QED) is 0.697. The monoisotopic (exact) mass is 406 g/mol. The van der Waals surface area contributed by atoms with Crippen LogP contribution in [0.1, 0.15) is 47.7 Å². The van der Waals surface area contributed by atoms with E-state index in [2.05, 4.69) is 27.4 Å². The van der Waals surface area contributed by atoms with Crippen LogP contribution in [-0.4, -0.2) is 54.2 Å². The number of likely N-dealkylation sites (tertiary alicyclic amines) is 1. The van der Waals surface area contributed by atoms with Crippen LogP contribution in [0.15, 0.2) is 34.9 Å². The molecule has 1 aliphatic heterocycles. The molecule has 30 heavy (non-hydrogen) atoms. The van der Waals surface area contributed by atoms with Crippen molar-refractivity contribution in [2.24, 2.45) is 0 Å². The standard InChI is InChI=1S/C23H26N4O3/c1-27-10-8-16(9-11-27)24-22(28)18-13-19(14-6-7-14)25-23-20(18)21(26-30-23)15-4-3-5-17(12-15)29-2/h3-5,12-14,16H,6-11H2,1-2H3,(H,24,28). The smallest absolute Gasteiger partial charge is 0.259 e. The van der Waals surface area contributed by atoms with Crippen molar-refractivity contribution in [3.8, 4) is 17.0 Å². The molecule has 7 heteroatoms. The summed E-state index contributed by atoms with van der Waals surface area (Å²) < 4.78 is 11.0. The predicted molar refractivity (Wildman–Crippen MR) is 114 cm³/mol. The van der Waals surface area contributed by atoms with Crippen LogP contribution >= 0.6 is 0 Å². The first-order valence-corrected chi connectivity index (χ1v) is 10.6. The van der Waals surface area contributed by atoms with Crippen molar-refractivity contribution in [3.05, 3.63) is 41.6 Å². The summed E-state index contributed by atoms with van der Waals surface area (Å²) in [5, 5.41) is 8.18. The van der Waals surface area contributed by atoms with E-state index >= 15 is 0 Å². The third-order valence-electron chi connectivity index (χ3n) is 6.10. The van der Waals surface area contributed by atoms with Gasteiger partial charge in [0.2, 0.25) is 0 Å². The summed E-state index contributed by atoms with van der Waals surface area (Å²) >= 11 is 0. The van der Waals surface area contributed by atoms with Crippen LogP contribution in [0.2, 0.25) is 0 Å². The Morgan fingerprint density at radius 2 is 2.00 bits per heavy atom. The number of pyridine rings is 1. The van der Waals surface area contributed by atoms with Gasteiger partial charge in [-0.1, -0.05) is 17.3 Å². The zero-order chi connectivity index (χ0) is 20.7. The summed E-state index contributed by atoms with van der Waals surface area (Å²) in [7, 11) is 3.74. The van der Waals surface area contributed by atoms with Gasteiger partial charge in [-0.05, 0) is 64.0 Å². The summed E-state index contributed by atoms with van der Waals surface area (Å²) in [5.74, 6) is 1.06. The third kappa shape index (κ3) is 3.65. The van der Waals surface area contributed by atoms with Crippen molar-refractivity contribution in [3.63, 3.8) is 0 Å². The number of nitrogens with one attached hydrogen (secondary N) is 1. The summed E-state index contributed by atoms with van der Waals surface area (Å²) in [6, 6.07) is 9.73. The van der Waals surface area contributed by atoms with Gasteiger partial charge in [0.25, 0.3) is 11.6 Å². The summed E-state index contributed by atoms with van der Waals surface area (Å²) in [5.41, 5.74) is 3.39. The highest BCUT2D eigenvalue weighted by Gasteiger charge is 2.30. The molecule has 2 aromatic heterocycles. The van der Waals surface area contributed by atoms with Gasteiger partial charge in [0, 0.05) is 23.2 Å². The molecule has 1 N–H and O–H groups in total. The van der Waals surface area contributed by atoms with Crippen molar-refractivity contribution in [1.29, 1.82) is 0 Å². The maximum Gasteiger partial charge on any atom is 0.259 e. The molecule has 5 rings (SSSR count). The molecule has 1 aromatic carbocycles. The molecule has 7 nitrogen and oxygen atoms in total. The normalized spacial score (nSPS) is 17.9. The van der Waals surface area contributed by atoms with E-state index in [1.807, 2.05) is 30.3 Å². The second-order valence-electron chi connectivity index (χ2n) is 8.36. The highest BCUT2D eigenvalue weighted by Crippen LogP contribution is 2.41. The lowest BCUT2D eigenvalue weighted by atomic mass is 10.0. The van der Waals surface area contributed by atoms with E-state index in [1.165, 1.54) is 0 Å². The maximum atomic E-state index is 13.4. The van der Waals surface area contributed by atoms with Gasteiger partial charge < -0.3 is 19.5 Å². The lowest BCUT2D eigenvalue weighted by Gasteiger charge is -2.29. The Morgan fingerprint density at radius 1 is 1.20 bits per heavy atom. The van der Waals surface area contributed by atoms with Gasteiger partial charge in [-0.2, -0.15) is 0 Å². The predicted octanol–water partition coefficient (Wildman–Crippen LogP) is 3.60. The number of carbonyl (C=O) groups is 1. The molecule has 1 aliphatic carbocycles. The molecule has 0 bridgehead atoms. The van der Waals surface area contributed by atoms with Crippen molar-refractivity contribution in [1.82, 2.24) is 20.4 Å². The first-order valence-electron chi connectivity index (χ1n) is 10.6. The Bertz CT molecular complexity index is 1080. The number of benzene rings is 1. The molecule has 1 saturated carbocycles. The first-order chi connectivity index (χ1) is 14.6. The Morgan fingerprint density at radius 3 is 2.73 bits per heavy atom. The second-order valence-corrected chi connectivity index (χ2v) is 8.36. The van der Waals surface area contributed by atoms with Crippen LogP contribution in [0, 0.1) is 0 Å². The average Bonchev–Trinajstić information content (AvgIpc) is 3.54. The summed E-state index contributed by atoms with van der Waals surface area (Å²) in [6.45, 7) is 1.98. The molecule has 156 valence electrons. The number of hydrogen-bond acceptors (Lipinski definition) is 6. The topological polar surface area (TPSA) is 80.5 Å². The minimum atomic E-state index is -0.0776. The van der Waals surface area contributed by atoms with E-state index in [9.17, 15) is 4.79 Å². The zero-order valence-corrected chi connectivity index (χ0v) is 17.4. The lowest BCUT2D eigenvalue weighted by molar-refractivity contribution is 0.0918. The van der Waals surface area contributed by atoms with Crippen LogP contribution in [0.3, 0.4) is 0 Å². The van der Waals surface area contributed by atoms with E-state index in [4.69, 9.17) is 9.26 Å². The zero-order valence-electron chi connectivity index (χ0n) is 17.4. The molecule has 0 atom stereocenters. The maximum absolute atomic E-state index is 13.4. The van der Waals surface area contributed by atoms with Crippen LogP contribution in [0.4, 0.5) is 0 Å². The fourth-order valence-electron chi connectivity index (χ4n) is 4.12. The van der Waals surface area contributed by atoms with Gasteiger partial charge in [0.05, 0.1) is 18.1 Å². The van der Waals surface area contributed by atoms with Crippen molar-refractivity contribution < 1.29 is 14.1 Å².